The molecule has 0 saturated heterocycles. The highest BCUT2D eigenvalue weighted by molar-refractivity contribution is 9.10. The number of hydrogen-bond acceptors (Lipinski definition) is 5. The summed E-state index contributed by atoms with van der Waals surface area (Å²) in [5.41, 5.74) is 8.03. The Kier molecular flexibility index (Phi) is 3.00. The molecule has 0 aliphatic carbocycles. The number of hydrogen-bond donors (Lipinski definition) is 1. The predicted molar refractivity (Wildman–Crippen MR) is 75.1 cm³/mol. The predicted octanol–water partition coefficient (Wildman–Crippen LogP) is 3.14. The van der Waals surface area contributed by atoms with Gasteiger partial charge in [0, 0.05) is 28.1 Å². The van der Waals surface area contributed by atoms with Crippen LogP contribution in [0.25, 0.3) is 22.8 Å². The minimum atomic E-state index is 0.422. The summed E-state index contributed by atoms with van der Waals surface area (Å²) in [4.78, 5) is 8.31. The van der Waals surface area contributed by atoms with Crippen LogP contribution in [0.5, 0.6) is 0 Å². The lowest BCUT2D eigenvalue weighted by molar-refractivity contribution is 0.432. The molecule has 19 heavy (non-hydrogen) atoms. The zero-order valence-corrected chi connectivity index (χ0v) is 11.3. The summed E-state index contributed by atoms with van der Waals surface area (Å²) in [6, 6.07) is 9.08. The van der Waals surface area contributed by atoms with Gasteiger partial charge < -0.3 is 10.3 Å². The van der Waals surface area contributed by atoms with Crippen LogP contribution in [0.3, 0.4) is 0 Å². The minimum absolute atomic E-state index is 0.422. The van der Waals surface area contributed by atoms with Crippen LogP contribution >= 0.6 is 15.9 Å². The number of pyridine rings is 1. The van der Waals surface area contributed by atoms with Gasteiger partial charge in [0.25, 0.3) is 5.89 Å². The molecule has 2 aromatic heterocycles. The van der Waals surface area contributed by atoms with E-state index in [4.69, 9.17) is 10.3 Å². The average Bonchev–Trinajstić information content (AvgIpc) is 2.92. The van der Waals surface area contributed by atoms with Crippen molar-refractivity contribution in [3.05, 3.63) is 47.2 Å². The van der Waals surface area contributed by atoms with Gasteiger partial charge in [-0.25, -0.2) is 0 Å². The van der Waals surface area contributed by atoms with Gasteiger partial charge in [0.1, 0.15) is 0 Å². The zero-order chi connectivity index (χ0) is 13.2. The molecule has 3 aromatic rings. The van der Waals surface area contributed by atoms with E-state index in [2.05, 4.69) is 31.1 Å². The van der Waals surface area contributed by atoms with Crippen LogP contribution in [-0.2, 0) is 0 Å². The molecule has 0 amide bonds. The quantitative estimate of drug-likeness (QED) is 0.735. The maximum atomic E-state index is 5.76. The first-order chi connectivity index (χ1) is 9.24. The number of nitrogen functional groups attached to an aromatic ring is 1. The van der Waals surface area contributed by atoms with Crippen LogP contribution in [0, 0.1) is 0 Å². The standard InChI is InChI=1S/C13H9BrN4O/c14-11-2-1-9(15)7-10(11)13-17-12(18-19-13)8-3-5-16-6-4-8/h1-7H,15H2. The van der Waals surface area contributed by atoms with E-state index in [-0.39, 0.29) is 0 Å². The van der Waals surface area contributed by atoms with E-state index in [9.17, 15) is 0 Å². The normalized spacial score (nSPS) is 10.6. The summed E-state index contributed by atoms with van der Waals surface area (Å²) in [5.74, 6) is 0.942. The van der Waals surface area contributed by atoms with E-state index >= 15 is 0 Å². The SMILES string of the molecule is Nc1ccc(Br)c(-c2nc(-c3ccncc3)no2)c1. The third-order valence-corrected chi connectivity index (χ3v) is 3.28. The highest BCUT2D eigenvalue weighted by Crippen LogP contribution is 2.30. The summed E-state index contributed by atoms with van der Waals surface area (Å²) in [7, 11) is 0. The number of nitrogens with two attached hydrogens (primary N) is 1. The summed E-state index contributed by atoms with van der Waals surface area (Å²) in [6.45, 7) is 0. The lowest BCUT2D eigenvalue weighted by atomic mass is 10.2. The Morgan fingerprint density at radius 2 is 1.89 bits per heavy atom. The summed E-state index contributed by atoms with van der Waals surface area (Å²) in [5, 5.41) is 3.96. The molecule has 0 spiro atoms. The Morgan fingerprint density at radius 3 is 2.68 bits per heavy atom. The first kappa shape index (κ1) is 11.9. The van der Waals surface area contributed by atoms with E-state index in [0.717, 1.165) is 15.6 Å². The summed E-state index contributed by atoms with van der Waals surface area (Å²) in [6.07, 6.45) is 3.36. The molecule has 1 aromatic carbocycles. The van der Waals surface area contributed by atoms with Crippen molar-refractivity contribution in [2.24, 2.45) is 0 Å². The summed E-state index contributed by atoms with van der Waals surface area (Å²) >= 11 is 3.44. The van der Waals surface area contributed by atoms with Crippen molar-refractivity contribution in [1.29, 1.82) is 0 Å². The number of rotatable bonds is 2. The van der Waals surface area contributed by atoms with Crippen LogP contribution in [0.2, 0.25) is 0 Å². The second kappa shape index (κ2) is 4.81. The van der Waals surface area contributed by atoms with Gasteiger partial charge in [0.2, 0.25) is 5.82 Å². The molecule has 0 bridgehead atoms. The van der Waals surface area contributed by atoms with Gasteiger partial charge in [0.15, 0.2) is 0 Å². The third kappa shape index (κ3) is 2.34. The van der Waals surface area contributed by atoms with Gasteiger partial charge in [-0.3, -0.25) is 4.98 Å². The van der Waals surface area contributed by atoms with Crippen molar-refractivity contribution in [3.8, 4) is 22.8 Å². The van der Waals surface area contributed by atoms with E-state index < -0.39 is 0 Å². The van der Waals surface area contributed by atoms with Crippen LogP contribution in [0.4, 0.5) is 5.69 Å². The van der Waals surface area contributed by atoms with Crippen LogP contribution < -0.4 is 5.73 Å². The molecule has 0 unspecified atom stereocenters. The van der Waals surface area contributed by atoms with Crippen LogP contribution in [0.1, 0.15) is 0 Å². The van der Waals surface area contributed by atoms with Crippen molar-refractivity contribution >= 4 is 21.6 Å². The van der Waals surface area contributed by atoms with E-state index in [1.807, 2.05) is 18.2 Å². The van der Waals surface area contributed by atoms with E-state index in [1.54, 1.807) is 24.5 Å². The zero-order valence-electron chi connectivity index (χ0n) is 9.75. The second-order valence-electron chi connectivity index (χ2n) is 3.90. The highest BCUT2D eigenvalue weighted by atomic mass is 79.9. The van der Waals surface area contributed by atoms with Crippen molar-refractivity contribution in [3.63, 3.8) is 0 Å². The molecule has 94 valence electrons. The van der Waals surface area contributed by atoms with Crippen LogP contribution in [-0.4, -0.2) is 15.1 Å². The molecule has 0 fully saturated rings. The molecule has 2 heterocycles. The van der Waals surface area contributed by atoms with Crippen molar-refractivity contribution < 1.29 is 4.52 Å². The Morgan fingerprint density at radius 1 is 1.11 bits per heavy atom. The minimum Gasteiger partial charge on any atom is -0.399 e. The van der Waals surface area contributed by atoms with Crippen LogP contribution in [0.15, 0.2) is 51.7 Å². The fourth-order valence-electron chi connectivity index (χ4n) is 1.66. The summed E-state index contributed by atoms with van der Waals surface area (Å²) < 4.78 is 6.13. The Bertz CT molecular complexity index is 712. The maximum Gasteiger partial charge on any atom is 0.259 e. The fraction of sp³-hybridized carbons (Fsp3) is 0. The second-order valence-corrected chi connectivity index (χ2v) is 4.75. The lowest BCUT2D eigenvalue weighted by Gasteiger charge is -1.99. The molecule has 0 aliphatic rings. The number of benzene rings is 1. The smallest absolute Gasteiger partial charge is 0.259 e. The maximum absolute atomic E-state index is 5.76. The first-order valence-electron chi connectivity index (χ1n) is 5.53. The Balaban J connectivity index is 2.04. The van der Waals surface area contributed by atoms with E-state index in [1.165, 1.54) is 0 Å². The highest BCUT2D eigenvalue weighted by Gasteiger charge is 2.13. The van der Waals surface area contributed by atoms with Crippen molar-refractivity contribution in [2.75, 3.05) is 5.73 Å². The molecule has 2 N–H and O–H groups in total. The number of anilines is 1. The van der Waals surface area contributed by atoms with E-state index in [0.29, 0.717) is 17.4 Å². The molecular formula is C13H9BrN4O. The molecule has 0 aliphatic heterocycles. The van der Waals surface area contributed by atoms with Crippen molar-refractivity contribution in [2.45, 2.75) is 0 Å². The fourth-order valence-corrected chi connectivity index (χ4v) is 2.07. The van der Waals surface area contributed by atoms with Gasteiger partial charge in [0.05, 0.1) is 5.56 Å². The Hall–Kier alpha value is -2.21. The molecule has 0 radical (unpaired) electrons. The monoisotopic (exact) mass is 316 g/mol. The largest absolute Gasteiger partial charge is 0.399 e. The average molecular weight is 317 g/mol. The molecule has 6 heteroatoms. The lowest BCUT2D eigenvalue weighted by Crippen LogP contribution is -1.87. The number of nitrogens with zero attached hydrogens (tertiary/aromatic N) is 3. The Labute approximate surface area is 117 Å². The number of aromatic nitrogens is 3. The van der Waals surface area contributed by atoms with Gasteiger partial charge in [-0.2, -0.15) is 4.98 Å². The van der Waals surface area contributed by atoms with Crippen molar-refractivity contribution in [1.82, 2.24) is 15.1 Å². The topological polar surface area (TPSA) is 77.8 Å². The van der Waals surface area contributed by atoms with Gasteiger partial charge in [-0.05, 0) is 46.3 Å². The third-order valence-electron chi connectivity index (χ3n) is 2.59. The number of halogens is 1. The molecule has 0 saturated carbocycles. The van der Waals surface area contributed by atoms with Gasteiger partial charge in [-0.1, -0.05) is 5.16 Å². The van der Waals surface area contributed by atoms with Gasteiger partial charge in [-0.15, -0.1) is 0 Å². The molecular weight excluding hydrogens is 308 g/mol. The first-order valence-corrected chi connectivity index (χ1v) is 6.33. The molecule has 0 atom stereocenters. The molecule has 5 nitrogen and oxygen atoms in total. The molecule has 3 rings (SSSR count). The van der Waals surface area contributed by atoms with Gasteiger partial charge >= 0.3 is 0 Å².